The molecule has 1 aromatic heterocycles. The van der Waals surface area contributed by atoms with Gasteiger partial charge in [0.25, 0.3) is 17.6 Å². The van der Waals surface area contributed by atoms with Crippen LogP contribution in [-0.2, 0) is 14.3 Å². The number of carbonyl (C=O) groups excluding carboxylic acids is 3. The molecule has 0 atom stereocenters. The number of rotatable bonds is 8. The second kappa shape index (κ2) is 10.0. The van der Waals surface area contributed by atoms with Gasteiger partial charge in [-0.3, -0.25) is 14.4 Å². The first-order valence-electron chi connectivity index (χ1n) is 7.69. The second-order valence-electron chi connectivity index (χ2n) is 5.18. The van der Waals surface area contributed by atoms with E-state index in [0.717, 1.165) is 4.88 Å². The van der Waals surface area contributed by atoms with Crippen LogP contribution in [0.25, 0.3) is 0 Å². The van der Waals surface area contributed by atoms with Crippen molar-refractivity contribution in [2.24, 2.45) is 0 Å². The number of carbonyl (C=O) groups is 3. The first-order valence-corrected chi connectivity index (χ1v) is 9.38. The summed E-state index contributed by atoms with van der Waals surface area (Å²) in [6.07, 6.45) is 0. The Hall–Kier alpha value is -2.46. The molecule has 0 aliphatic carbocycles. The van der Waals surface area contributed by atoms with E-state index in [4.69, 9.17) is 4.74 Å². The fourth-order valence-electron chi connectivity index (χ4n) is 1.95. The zero-order valence-electron chi connectivity index (χ0n) is 14.2. The van der Waals surface area contributed by atoms with Gasteiger partial charge >= 0.3 is 5.97 Å². The smallest absolute Gasteiger partial charge is 0.325 e. The van der Waals surface area contributed by atoms with Crippen LogP contribution in [-0.4, -0.2) is 36.7 Å². The molecule has 2 aromatic rings. The van der Waals surface area contributed by atoms with Crippen LogP contribution in [0.4, 0.5) is 14.5 Å². The molecule has 2 rings (SSSR count). The molecule has 144 valence electrons. The molecule has 0 unspecified atom stereocenters. The molecule has 0 radical (unpaired) electrons. The van der Waals surface area contributed by atoms with Gasteiger partial charge in [0, 0.05) is 9.77 Å². The Kier molecular flexibility index (Phi) is 7.74. The van der Waals surface area contributed by atoms with Crippen molar-refractivity contribution < 1.29 is 27.9 Å². The maximum Gasteiger partial charge on any atom is 0.325 e. The van der Waals surface area contributed by atoms with Gasteiger partial charge in [-0.15, -0.1) is 11.3 Å². The van der Waals surface area contributed by atoms with E-state index in [2.05, 4.69) is 10.6 Å². The summed E-state index contributed by atoms with van der Waals surface area (Å²) < 4.78 is 29.8. The van der Waals surface area contributed by atoms with Gasteiger partial charge in [0.05, 0.1) is 10.6 Å². The largest absolute Gasteiger partial charge is 0.454 e. The van der Waals surface area contributed by atoms with Crippen LogP contribution in [0.5, 0.6) is 0 Å². The Labute approximate surface area is 162 Å². The lowest BCUT2D eigenvalue weighted by atomic mass is 10.3. The molecule has 10 heteroatoms. The number of nitrogens with one attached hydrogen (secondary N) is 2. The number of thioether (sulfide) groups is 1. The molecular weight excluding hydrogens is 398 g/mol. The van der Waals surface area contributed by atoms with Crippen LogP contribution < -0.4 is 10.6 Å². The van der Waals surface area contributed by atoms with E-state index in [9.17, 15) is 23.2 Å². The van der Waals surface area contributed by atoms with Crippen LogP contribution in [0.3, 0.4) is 0 Å². The number of ether oxygens (including phenoxy) is 1. The highest BCUT2D eigenvalue weighted by Gasteiger charge is 2.14. The third-order valence-electron chi connectivity index (χ3n) is 3.10. The highest BCUT2D eigenvalue weighted by Crippen LogP contribution is 2.31. The lowest BCUT2D eigenvalue weighted by Crippen LogP contribution is -2.31. The van der Waals surface area contributed by atoms with Gasteiger partial charge in [-0.05, 0) is 31.2 Å². The van der Waals surface area contributed by atoms with E-state index < -0.39 is 30.1 Å². The molecule has 0 aliphatic rings. The standard InChI is InChI=1S/C17H16F2N2O4S2/c1-10-6-7-13(26-10)16(24)20-8-15(23)25-9-14(22)21-11-4-2-3-5-12(11)27-17(18)19/h2-7,17H,8-9H2,1H3,(H,20,24)(H,21,22). The minimum absolute atomic E-state index is 0.199. The molecule has 0 spiro atoms. The quantitative estimate of drug-likeness (QED) is 0.512. The molecule has 2 N–H and O–H groups in total. The number of benzene rings is 1. The number of thiophene rings is 1. The minimum Gasteiger partial charge on any atom is -0.454 e. The van der Waals surface area contributed by atoms with E-state index in [1.807, 2.05) is 6.92 Å². The average molecular weight is 414 g/mol. The highest BCUT2D eigenvalue weighted by atomic mass is 32.2. The summed E-state index contributed by atoms with van der Waals surface area (Å²) >= 11 is 1.59. The van der Waals surface area contributed by atoms with E-state index >= 15 is 0 Å². The van der Waals surface area contributed by atoms with Crippen LogP contribution in [0.2, 0.25) is 0 Å². The van der Waals surface area contributed by atoms with Crippen molar-refractivity contribution in [2.45, 2.75) is 17.6 Å². The lowest BCUT2D eigenvalue weighted by Gasteiger charge is -2.10. The van der Waals surface area contributed by atoms with Gasteiger partial charge in [-0.2, -0.15) is 8.78 Å². The predicted molar refractivity (Wildman–Crippen MR) is 99.3 cm³/mol. The number of aryl methyl sites for hydroxylation is 1. The lowest BCUT2D eigenvalue weighted by molar-refractivity contribution is -0.146. The molecule has 0 saturated carbocycles. The average Bonchev–Trinajstić information content (AvgIpc) is 3.05. The first-order chi connectivity index (χ1) is 12.8. The van der Waals surface area contributed by atoms with Gasteiger partial charge in [0.2, 0.25) is 0 Å². The molecule has 2 amide bonds. The van der Waals surface area contributed by atoms with Crippen molar-refractivity contribution in [3.05, 3.63) is 46.2 Å². The Balaban J connectivity index is 1.77. The van der Waals surface area contributed by atoms with Crippen molar-refractivity contribution in [3.8, 4) is 0 Å². The summed E-state index contributed by atoms with van der Waals surface area (Å²) in [5, 5.41) is 4.80. The zero-order valence-corrected chi connectivity index (χ0v) is 15.8. The Morgan fingerprint density at radius 2 is 1.93 bits per heavy atom. The van der Waals surface area contributed by atoms with Gasteiger partial charge in [-0.25, -0.2) is 0 Å². The van der Waals surface area contributed by atoms with Gasteiger partial charge in [0.15, 0.2) is 6.61 Å². The number of hydrogen-bond acceptors (Lipinski definition) is 6. The fraction of sp³-hybridized carbons (Fsp3) is 0.235. The van der Waals surface area contributed by atoms with Crippen molar-refractivity contribution in [1.29, 1.82) is 0 Å². The number of esters is 1. The van der Waals surface area contributed by atoms with Crippen molar-refractivity contribution in [3.63, 3.8) is 0 Å². The Bertz CT molecular complexity index is 827. The van der Waals surface area contributed by atoms with Gasteiger partial charge in [-0.1, -0.05) is 23.9 Å². The zero-order chi connectivity index (χ0) is 19.8. The molecule has 0 fully saturated rings. The summed E-state index contributed by atoms with van der Waals surface area (Å²) in [5.41, 5.74) is 0.199. The second-order valence-corrected chi connectivity index (χ2v) is 7.50. The molecule has 0 saturated heterocycles. The highest BCUT2D eigenvalue weighted by molar-refractivity contribution is 7.99. The monoisotopic (exact) mass is 414 g/mol. The minimum atomic E-state index is -2.63. The maximum atomic E-state index is 12.5. The fourth-order valence-corrected chi connectivity index (χ4v) is 3.33. The summed E-state index contributed by atoms with van der Waals surface area (Å²) in [7, 11) is 0. The molecule has 0 aliphatic heterocycles. The van der Waals surface area contributed by atoms with E-state index in [1.165, 1.54) is 23.5 Å². The van der Waals surface area contributed by atoms with E-state index in [0.29, 0.717) is 16.6 Å². The summed E-state index contributed by atoms with van der Waals surface area (Å²) in [4.78, 5) is 36.9. The first kappa shape index (κ1) is 20.8. The van der Waals surface area contributed by atoms with Crippen molar-refractivity contribution >= 4 is 46.6 Å². The van der Waals surface area contributed by atoms with Gasteiger partial charge < -0.3 is 15.4 Å². The molecule has 1 heterocycles. The van der Waals surface area contributed by atoms with Crippen LogP contribution in [0.1, 0.15) is 14.5 Å². The van der Waals surface area contributed by atoms with Crippen LogP contribution in [0.15, 0.2) is 41.3 Å². The maximum absolute atomic E-state index is 12.5. The Morgan fingerprint density at radius 1 is 1.19 bits per heavy atom. The third-order valence-corrected chi connectivity index (χ3v) is 4.89. The molecular formula is C17H16F2N2O4S2. The number of alkyl halides is 2. The molecule has 1 aromatic carbocycles. The summed E-state index contributed by atoms with van der Waals surface area (Å²) in [6.45, 7) is 0.869. The van der Waals surface area contributed by atoms with Crippen LogP contribution >= 0.6 is 23.1 Å². The normalized spacial score (nSPS) is 10.5. The van der Waals surface area contributed by atoms with E-state index in [1.54, 1.807) is 24.3 Å². The molecule has 6 nitrogen and oxygen atoms in total. The summed E-state index contributed by atoms with van der Waals surface area (Å²) in [5.74, 6) is -4.50. The number of para-hydroxylation sites is 1. The van der Waals surface area contributed by atoms with Crippen molar-refractivity contribution in [2.75, 3.05) is 18.5 Å². The number of anilines is 1. The van der Waals surface area contributed by atoms with Crippen LogP contribution in [0, 0.1) is 6.92 Å². The molecule has 0 bridgehead atoms. The van der Waals surface area contributed by atoms with E-state index in [-0.39, 0.29) is 17.1 Å². The summed E-state index contributed by atoms with van der Waals surface area (Å²) in [6, 6.07) is 9.49. The Morgan fingerprint density at radius 3 is 2.59 bits per heavy atom. The molecule has 27 heavy (non-hydrogen) atoms. The SMILES string of the molecule is Cc1ccc(C(=O)NCC(=O)OCC(=O)Nc2ccccc2SC(F)F)s1. The number of halogens is 2. The predicted octanol–water partition coefficient (Wildman–Crippen LogP) is 3.28. The van der Waals surface area contributed by atoms with Crippen molar-refractivity contribution in [1.82, 2.24) is 5.32 Å². The third kappa shape index (κ3) is 6.99. The number of hydrogen-bond donors (Lipinski definition) is 2. The number of amides is 2. The topological polar surface area (TPSA) is 84.5 Å². The van der Waals surface area contributed by atoms with Gasteiger partial charge in [0.1, 0.15) is 6.54 Å².